The molecule has 0 bridgehead atoms. The highest BCUT2D eigenvalue weighted by Gasteiger charge is 2.31. The fourth-order valence-electron chi connectivity index (χ4n) is 4.22. The second kappa shape index (κ2) is 7.99. The van der Waals surface area contributed by atoms with E-state index in [0.717, 1.165) is 41.6 Å². The summed E-state index contributed by atoms with van der Waals surface area (Å²) in [6, 6.07) is 9.55. The number of nitrogens with zero attached hydrogens (tertiary/aromatic N) is 5. The Balaban J connectivity index is 1.24. The van der Waals surface area contributed by atoms with E-state index in [1.165, 1.54) is 6.26 Å². The largest absolute Gasteiger partial charge is 0.459 e. The highest BCUT2D eigenvalue weighted by molar-refractivity contribution is 6.01. The maximum Gasteiger partial charge on any atom is 0.290 e. The number of H-pyrrole nitrogens is 1. The maximum atomic E-state index is 13.1. The third kappa shape index (κ3) is 3.84. The van der Waals surface area contributed by atoms with Gasteiger partial charge in [-0.15, -0.1) is 0 Å². The SMILES string of the molecule is Cc1nc(CN2CCN(C(=O)c3occc3CN3C(=O)Cc4ccccc43)CC2)n[nH]1. The number of aromatic nitrogens is 3. The molecule has 1 saturated heterocycles. The summed E-state index contributed by atoms with van der Waals surface area (Å²) in [5, 5.41) is 7.04. The van der Waals surface area contributed by atoms with Crippen LogP contribution in [0.5, 0.6) is 0 Å². The zero-order valence-electron chi connectivity index (χ0n) is 17.4. The van der Waals surface area contributed by atoms with Crippen LogP contribution in [0.3, 0.4) is 0 Å². The van der Waals surface area contributed by atoms with Crippen molar-refractivity contribution in [1.82, 2.24) is 25.0 Å². The van der Waals surface area contributed by atoms with Crippen LogP contribution in [0.15, 0.2) is 41.0 Å². The van der Waals surface area contributed by atoms with Gasteiger partial charge in [0.25, 0.3) is 5.91 Å². The number of hydrogen-bond donors (Lipinski definition) is 1. The lowest BCUT2D eigenvalue weighted by atomic mass is 10.1. The summed E-state index contributed by atoms with van der Waals surface area (Å²) in [6.45, 7) is 5.57. The van der Waals surface area contributed by atoms with E-state index in [0.29, 0.717) is 38.4 Å². The first-order chi connectivity index (χ1) is 15.1. The number of carbonyl (C=O) groups excluding carboxylic acids is 2. The lowest BCUT2D eigenvalue weighted by molar-refractivity contribution is -0.117. The van der Waals surface area contributed by atoms with Crippen molar-refractivity contribution in [3.05, 3.63) is 65.1 Å². The smallest absolute Gasteiger partial charge is 0.290 e. The molecule has 2 aliphatic rings. The van der Waals surface area contributed by atoms with Gasteiger partial charge in [0, 0.05) is 37.4 Å². The third-order valence-corrected chi connectivity index (χ3v) is 5.86. The molecule has 0 aliphatic carbocycles. The first-order valence-corrected chi connectivity index (χ1v) is 10.4. The number of furan rings is 1. The molecule has 0 radical (unpaired) electrons. The molecule has 1 N–H and O–H groups in total. The van der Waals surface area contributed by atoms with Gasteiger partial charge in [-0.1, -0.05) is 18.2 Å². The number of anilines is 1. The lowest BCUT2D eigenvalue weighted by Crippen LogP contribution is -2.48. The van der Waals surface area contributed by atoms with E-state index in [1.54, 1.807) is 11.0 Å². The van der Waals surface area contributed by atoms with Crippen molar-refractivity contribution < 1.29 is 14.0 Å². The normalized spacial score (nSPS) is 16.7. The highest BCUT2D eigenvalue weighted by atomic mass is 16.3. The molecule has 3 aromatic rings. The van der Waals surface area contributed by atoms with Gasteiger partial charge < -0.3 is 14.2 Å². The van der Waals surface area contributed by atoms with E-state index in [2.05, 4.69) is 20.1 Å². The number of aryl methyl sites for hydroxylation is 1. The van der Waals surface area contributed by atoms with Crippen LogP contribution >= 0.6 is 0 Å². The predicted octanol–water partition coefficient (Wildman–Crippen LogP) is 1.75. The standard InChI is InChI=1S/C22H24N6O3/c1-15-23-19(25-24-15)14-26-7-9-27(10-8-26)22(30)21-17(6-11-31-21)13-28-18-5-3-2-4-16(18)12-20(28)29/h2-6,11H,7-10,12-14H2,1H3,(H,23,24,25). The molecule has 31 heavy (non-hydrogen) atoms. The minimum atomic E-state index is -0.131. The molecule has 0 spiro atoms. The number of para-hydroxylation sites is 1. The number of benzene rings is 1. The van der Waals surface area contributed by atoms with Crippen molar-refractivity contribution in [2.24, 2.45) is 0 Å². The molecule has 9 nitrogen and oxygen atoms in total. The van der Waals surface area contributed by atoms with E-state index in [1.807, 2.05) is 36.1 Å². The number of rotatable bonds is 5. The molecular weight excluding hydrogens is 396 g/mol. The number of hydrogen-bond acceptors (Lipinski definition) is 6. The van der Waals surface area contributed by atoms with Gasteiger partial charge in [0.15, 0.2) is 11.6 Å². The Morgan fingerprint density at radius 3 is 2.71 bits per heavy atom. The molecule has 0 unspecified atom stereocenters. The van der Waals surface area contributed by atoms with Crippen LogP contribution in [0, 0.1) is 6.92 Å². The molecule has 2 aromatic heterocycles. The van der Waals surface area contributed by atoms with Crippen molar-refractivity contribution >= 4 is 17.5 Å². The molecule has 1 aromatic carbocycles. The molecule has 160 valence electrons. The van der Waals surface area contributed by atoms with Gasteiger partial charge in [-0.05, 0) is 24.6 Å². The van der Waals surface area contributed by atoms with Gasteiger partial charge in [0.1, 0.15) is 5.82 Å². The summed E-state index contributed by atoms with van der Waals surface area (Å²) in [7, 11) is 0. The molecule has 5 rings (SSSR count). The monoisotopic (exact) mass is 420 g/mol. The summed E-state index contributed by atoms with van der Waals surface area (Å²) < 4.78 is 5.57. The highest BCUT2D eigenvalue weighted by Crippen LogP contribution is 2.30. The van der Waals surface area contributed by atoms with Gasteiger partial charge in [-0.3, -0.25) is 19.6 Å². The molecule has 2 aliphatic heterocycles. The summed E-state index contributed by atoms with van der Waals surface area (Å²) in [4.78, 5) is 35.8. The molecule has 0 saturated carbocycles. The Morgan fingerprint density at radius 1 is 1.13 bits per heavy atom. The Bertz CT molecular complexity index is 1110. The summed E-state index contributed by atoms with van der Waals surface area (Å²) in [5.41, 5.74) is 2.65. The van der Waals surface area contributed by atoms with Gasteiger partial charge >= 0.3 is 0 Å². The first kappa shape index (κ1) is 19.5. The molecule has 1 fully saturated rings. The Labute approximate surface area is 179 Å². The number of nitrogens with one attached hydrogen (secondary N) is 1. The summed E-state index contributed by atoms with van der Waals surface area (Å²) in [6.07, 6.45) is 1.92. The lowest BCUT2D eigenvalue weighted by Gasteiger charge is -2.33. The second-order valence-electron chi connectivity index (χ2n) is 7.97. The Hall–Kier alpha value is -3.46. The van der Waals surface area contributed by atoms with Crippen molar-refractivity contribution in [3.8, 4) is 0 Å². The fraction of sp³-hybridized carbons (Fsp3) is 0.364. The van der Waals surface area contributed by atoms with Gasteiger partial charge in [0.2, 0.25) is 5.91 Å². The van der Waals surface area contributed by atoms with Crippen molar-refractivity contribution in [1.29, 1.82) is 0 Å². The number of fused-ring (bicyclic) bond motifs is 1. The number of piperazine rings is 1. The van der Waals surface area contributed by atoms with Crippen molar-refractivity contribution in [2.45, 2.75) is 26.4 Å². The van der Waals surface area contributed by atoms with E-state index < -0.39 is 0 Å². The zero-order valence-corrected chi connectivity index (χ0v) is 17.4. The van der Waals surface area contributed by atoms with Crippen LogP contribution in [0.4, 0.5) is 5.69 Å². The molecule has 9 heteroatoms. The van der Waals surface area contributed by atoms with Crippen LogP contribution in [-0.2, 0) is 24.3 Å². The topological polar surface area (TPSA) is 98.6 Å². The van der Waals surface area contributed by atoms with Gasteiger partial charge in [-0.2, -0.15) is 5.10 Å². The first-order valence-electron chi connectivity index (χ1n) is 10.4. The number of aromatic amines is 1. The summed E-state index contributed by atoms with van der Waals surface area (Å²) >= 11 is 0. The van der Waals surface area contributed by atoms with Crippen molar-refractivity contribution in [3.63, 3.8) is 0 Å². The van der Waals surface area contributed by atoms with Crippen LogP contribution in [0.1, 0.15) is 33.3 Å². The zero-order chi connectivity index (χ0) is 21.4. The maximum absolute atomic E-state index is 13.1. The van der Waals surface area contributed by atoms with Gasteiger partial charge in [-0.25, -0.2) is 4.98 Å². The number of amides is 2. The minimum absolute atomic E-state index is 0.0385. The van der Waals surface area contributed by atoms with Gasteiger partial charge in [0.05, 0.1) is 25.8 Å². The number of carbonyl (C=O) groups is 2. The van der Waals surface area contributed by atoms with Crippen molar-refractivity contribution in [2.75, 3.05) is 31.1 Å². The van der Waals surface area contributed by atoms with E-state index in [4.69, 9.17) is 4.42 Å². The average Bonchev–Trinajstić information content (AvgIpc) is 3.48. The molecule has 2 amide bonds. The Kier molecular flexibility index (Phi) is 5.03. The van der Waals surface area contributed by atoms with Crippen LogP contribution in [-0.4, -0.2) is 63.0 Å². The molecular formula is C22H24N6O3. The Morgan fingerprint density at radius 2 is 1.94 bits per heavy atom. The molecule has 0 atom stereocenters. The van der Waals surface area contributed by atoms with Crippen LogP contribution < -0.4 is 4.90 Å². The molecule has 4 heterocycles. The summed E-state index contributed by atoms with van der Waals surface area (Å²) in [5.74, 6) is 1.79. The van der Waals surface area contributed by atoms with E-state index >= 15 is 0 Å². The minimum Gasteiger partial charge on any atom is -0.459 e. The fourth-order valence-corrected chi connectivity index (χ4v) is 4.22. The second-order valence-corrected chi connectivity index (χ2v) is 7.97. The van der Waals surface area contributed by atoms with E-state index in [-0.39, 0.29) is 11.8 Å². The third-order valence-electron chi connectivity index (χ3n) is 5.86. The predicted molar refractivity (Wildman–Crippen MR) is 112 cm³/mol. The van der Waals surface area contributed by atoms with Crippen LogP contribution in [0.25, 0.3) is 0 Å². The van der Waals surface area contributed by atoms with Crippen LogP contribution in [0.2, 0.25) is 0 Å². The quantitative estimate of drug-likeness (QED) is 0.675. The average molecular weight is 420 g/mol. The van der Waals surface area contributed by atoms with E-state index in [9.17, 15) is 9.59 Å².